The Labute approximate surface area is 114 Å². The molecule has 0 spiro atoms. The van der Waals surface area contributed by atoms with E-state index in [4.69, 9.17) is 4.74 Å². The number of fused-ring (bicyclic) bond motifs is 1. The van der Waals surface area contributed by atoms with E-state index >= 15 is 0 Å². The van der Waals surface area contributed by atoms with Crippen LogP contribution < -0.4 is 10.1 Å². The van der Waals surface area contributed by atoms with Gasteiger partial charge >= 0.3 is 0 Å². The van der Waals surface area contributed by atoms with Crippen molar-refractivity contribution in [2.24, 2.45) is 0 Å². The van der Waals surface area contributed by atoms with E-state index in [1.54, 1.807) is 7.11 Å². The van der Waals surface area contributed by atoms with E-state index in [-0.39, 0.29) is 0 Å². The predicted octanol–water partition coefficient (Wildman–Crippen LogP) is 2.77. The van der Waals surface area contributed by atoms with E-state index < -0.39 is 0 Å². The van der Waals surface area contributed by atoms with Crippen molar-refractivity contribution in [1.29, 1.82) is 0 Å². The molecule has 0 unspecified atom stereocenters. The third kappa shape index (κ3) is 2.66. The lowest BCUT2D eigenvalue weighted by Crippen LogP contribution is -2.33. The second kappa shape index (κ2) is 5.49. The topological polar surface area (TPSA) is 26.2 Å². The van der Waals surface area contributed by atoms with Crippen LogP contribution in [0.15, 0.2) is 42.6 Å². The zero-order valence-electron chi connectivity index (χ0n) is 11.3. The molecule has 1 aromatic carbocycles. The fraction of sp³-hybridized carbons (Fsp3) is 0.375. The number of hydrogen-bond donors (Lipinski definition) is 1. The molecule has 0 saturated heterocycles. The lowest BCUT2D eigenvalue weighted by Gasteiger charge is -2.26. The Hall–Kier alpha value is -1.74. The summed E-state index contributed by atoms with van der Waals surface area (Å²) < 4.78 is 7.54. The fourth-order valence-electron chi connectivity index (χ4n) is 2.76. The molecule has 0 fully saturated rings. The van der Waals surface area contributed by atoms with E-state index in [9.17, 15) is 0 Å². The summed E-state index contributed by atoms with van der Waals surface area (Å²) in [5.41, 5.74) is 2.78. The molecule has 0 saturated carbocycles. The highest BCUT2D eigenvalue weighted by Crippen LogP contribution is 2.23. The normalized spacial score (nSPS) is 18.1. The minimum absolute atomic E-state index is 0.478. The molecule has 0 amide bonds. The molecular weight excluding hydrogens is 236 g/mol. The van der Waals surface area contributed by atoms with Crippen LogP contribution in [0.5, 0.6) is 5.75 Å². The van der Waals surface area contributed by atoms with Gasteiger partial charge in [-0.1, -0.05) is 12.1 Å². The Morgan fingerprint density at radius 2 is 2.11 bits per heavy atom. The minimum Gasteiger partial charge on any atom is -0.497 e. The highest BCUT2D eigenvalue weighted by molar-refractivity contribution is 5.27. The van der Waals surface area contributed by atoms with E-state index in [1.807, 2.05) is 12.1 Å². The van der Waals surface area contributed by atoms with Gasteiger partial charge in [0, 0.05) is 31.0 Å². The number of aryl methyl sites for hydroxylation is 1. The first-order valence-electron chi connectivity index (χ1n) is 6.88. The van der Waals surface area contributed by atoms with Crippen molar-refractivity contribution in [2.75, 3.05) is 13.7 Å². The zero-order chi connectivity index (χ0) is 13.1. The number of nitrogens with one attached hydrogen (secondary N) is 1. The number of ether oxygens (including phenoxy) is 1. The first kappa shape index (κ1) is 12.3. The molecule has 0 radical (unpaired) electrons. The summed E-state index contributed by atoms with van der Waals surface area (Å²) >= 11 is 0. The standard InChI is InChI=1S/C16H20N2O/c1-19-14-7-4-13(5-8-14)6-9-15-16-3-2-11-18(16)12-10-17-15/h2-5,7-8,11,15,17H,6,9-10,12H2,1H3/t15-/m0/s1. The number of methoxy groups -OCH3 is 1. The van der Waals surface area contributed by atoms with Crippen LogP contribution in [0.2, 0.25) is 0 Å². The summed E-state index contributed by atoms with van der Waals surface area (Å²) in [6.07, 6.45) is 4.40. The Bertz CT molecular complexity index is 530. The van der Waals surface area contributed by atoms with Crippen molar-refractivity contribution < 1.29 is 4.74 Å². The SMILES string of the molecule is COc1ccc(CC[C@@H]2NCCn3cccc32)cc1. The highest BCUT2D eigenvalue weighted by atomic mass is 16.5. The van der Waals surface area contributed by atoms with Crippen LogP contribution in [0, 0.1) is 0 Å². The zero-order valence-corrected chi connectivity index (χ0v) is 11.3. The van der Waals surface area contributed by atoms with Gasteiger partial charge in [-0.15, -0.1) is 0 Å². The van der Waals surface area contributed by atoms with Gasteiger partial charge < -0.3 is 14.6 Å². The molecule has 1 aromatic heterocycles. The molecule has 1 atom stereocenters. The molecule has 3 rings (SSSR count). The monoisotopic (exact) mass is 256 g/mol. The summed E-state index contributed by atoms with van der Waals surface area (Å²) in [6.45, 7) is 2.15. The van der Waals surface area contributed by atoms with Gasteiger partial charge in [0.1, 0.15) is 5.75 Å². The van der Waals surface area contributed by atoms with Crippen molar-refractivity contribution in [3.8, 4) is 5.75 Å². The lowest BCUT2D eigenvalue weighted by atomic mass is 10.0. The number of aromatic nitrogens is 1. The van der Waals surface area contributed by atoms with Gasteiger partial charge in [-0.2, -0.15) is 0 Å². The largest absolute Gasteiger partial charge is 0.497 e. The molecule has 2 heterocycles. The molecule has 1 N–H and O–H groups in total. The van der Waals surface area contributed by atoms with Crippen LogP contribution in [0.4, 0.5) is 0 Å². The van der Waals surface area contributed by atoms with Crippen molar-refractivity contribution in [3.05, 3.63) is 53.9 Å². The maximum atomic E-state index is 5.18. The van der Waals surface area contributed by atoms with Gasteiger partial charge in [0.25, 0.3) is 0 Å². The Kier molecular flexibility index (Phi) is 3.56. The van der Waals surface area contributed by atoms with Crippen LogP contribution in [-0.2, 0) is 13.0 Å². The Morgan fingerprint density at radius 3 is 2.89 bits per heavy atom. The molecule has 1 aliphatic heterocycles. The molecule has 19 heavy (non-hydrogen) atoms. The average molecular weight is 256 g/mol. The van der Waals surface area contributed by atoms with Crippen molar-refractivity contribution in [1.82, 2.24) is 9.88 Å². The Morgan fingerprint density at radius 1 is 1.26 bits per heavy atom. The summed E-state index contributed by atoms with van der Waals surface area (Å²) in [6, 6.07) is 13.2. The quantitative estimate of drug-likeness (QED) is 0.910. The predicted molar refractivity (Wildman–Crippen MR) is 76.5 cm³/mol. The van der Waals surface area contributed by atoms with Crippen molar-refractivity contribution in [2.45, 2.75) is 25.4 Å². The third-order valence-corrected chi connectivity index (χ3v) is 3.85. The molecule has 2 aromatic rings. The molecule has 1 aliphatic rings. The summed E-state index contributed by atoms with van der Waals surface area (Å²) in [5, 5.41) is 3.61. The molecule has 3 nitrogen and oxygen atoms in total. The van der Waals surface area contributed by atoms with Gasteiger partial charge in [0.15, 0.2) is 0 Å². The summed E-state index contributed by atoms with van der Waals surface area (Å²) in [5.74, 6) is 0.924. The van der Waals surface area contributed by atoms with Gasteiger partial charge in [0.05, 0.1) is 7.11 Å². The number of hydrogen-bond acceptors (Lipinski definition) is 2. The third-order valence-electron chi connectivity index (χ3n) is 3.85. The molecule has 0 bridgehead atoms. The molecule has 100 valence electrons. The fourth-order valence-corrected chi connectivity index (χ4v) is 2.76. The van der Waals surface area contributed by atoms with Crippen molar-refractivity contribution >= 4 is 0 Å². The van der Waals surface area contributed by atoms with Gasteiger partial charge in [-0.3, -0.25) is 0 Å². The van der Waals surface area contributed by atoms with Crippen LogP contribution in [-0.4, -0.2) is 18.2 Å². The average Bonchev–Trinajstić information content (AvgIpc) is 2.94. The lowest BCUT2D eigenvalue weighted by molar-refractivity contribution is 0.405. The summed E-state index contributed by atoms with van der Waals surface area (Å²) in [7, 11) is 1.70. The minimum atomic E-state index is 0.478. The van der Waals surface area contributed by atoms with Crippen LogP contribution in [0.25, 0.3) is 0 Å². The number of rotatable bonds is 4. The molecule has 3 heteroatoms. The number of benzene rings is 1. The Balaban J connectivity index is 1.64. The van der Waals surface area contributed by atoms with E-state index in [0.29, 0.717) is 6.04 Å². The van der Waals surface area contributed by atoms with Gasteiger partial charge in [0.2, 0.25) is 0 Å². The first-order valence-corrected chi connectivity index (χ1v) is 6.88. The maximum Gasteiger partial charge on any atom is 0.118 e. The molecule has 0 aliphatic carbocycles. The van der Waals surface area contributed by atoms with Crippen LogP contribution in [0.3, 0.4) is 0 Å². The van der Waals surface area contributed by atoms with Crippen LogP contribution >= 0.6 is 0 Å². The van der Waals surface area contributed by atoms with Gasteiger partial charge in [-0.05, 0) is 42.7 Å². The summed E-state index contributed by atoms with van der Waals surface area (Å²) in [4.78, 5) is 0. The van der Waals surface area contributed by atoms with Crippen LogP contribution in [0.1, 0.15) is 23.7 Å². The maximum absolute atomic E-state index is 5.18. The van der Waals surface area contributed by atoms with E-state index in [1.165, 1.54) is 11.3 Å². The smallest absolute Gasteiger partial charge is 0.118 e. The van der Waals surface area contributed by atoms with E-state index in [0.717, 1.165) is 31.7 Å². The van der Waals surface area contributed by atoms with Crippen molar-refractivity contribution in [3.63, 3.8) is 0 Å². The van der Waals surface area contributed by atoms with Gasteiger partial charge in [-0.25, -0.2) is 0 Å². The second-order valence-corrected chi connectivity index (χ2v) is 5.02. The van der Waals surface area contributed by atoms with E-state index in [2.05, 4.69) is 40.3 Å². The first-order chi connectivity index (χ1) is 9.36. The molecular formula is C16H20N2O. The highest BCUT2D eigenvalue weighted by Gasteiger charge is 2.18. The number of nitrogens with zero attached hydrogens (tertiary/aromatic N) is 1. The second-order valence-electron chi connectivity index (χ2n) is 5.02.